The number of benzene rings is 1. The van der Waals surface area contributed by atoms with E-state index in [2.05, 4.69) is 0 Å². The van der Waals surface area contributed by atoms with E-state index >= 15 is 0 Å². The molecule has 1 aromatic rings. The number of rotatable bonds is 7. The Hall–Kier alpha value is -1.07. The Balaban J connectivity index is 1.79. The fraction of sp³-hybridized carbons (Fsp3) is 0.562. The van der Waals surface area contributed by atoms with Crippen LogP contribution in [0.1, 0.15) is 31.2 Å². The lowest BCUT2D eigenvalue weighted by Gasteiger charge is -2.28. The van der Waals surface area contributed by atoms with Gasteiger partial charge in [0.05, 0.1) is 12.4 Å². The Kier molecular flexibility index (Phi) is 6.51. The van der Waals surface area contributed by atoms with Crippen LogP contribution >= 0.6 is 11.8 Å². The average Bonchev–Trinajstić information content (AvgIpc) is 3.00. The molecule has 1 fully saturated rings. The molecule has 3 nitrogen and oxygen atoms in total. The molecule has 1 N–H and O–H groups in total. The maximum atomic E-state index is 12.8. The van der Waals surface area contributed by atoms with Crippen molar-refractivity contribution >= 4 is 17.7 Å². The minimum atomic E-state index is -0.241. The molecule has 0 spiro atoms. The van der Waals surface area contributed by atoms with Crippen LogP contribution in [-0.4, -0.2) is 40.9 Å². The Bertz CT molecular complexity index is 446. The first kappa shape index (κ1) is 16.3. The SMILES string of the molecule is O=C(CSCc1ccc(F)cc1)N(CCO)C1CCCC1. The van der Waals surface area contributed by atoms with Gasteiger partial charge in [0.1, 0.15) is 5.82 Å². The van der Waals surface area contributed by atoms with Crippen LogP contribution in [0.15, 0.2) is 24.3 Å². The van der Waals surface area contributed by atoms with Crippen molar-refractivity contribution in [3.8, 4) is 0 Å². The molecule has 1 amide bonds. The average molecular weight is 311 g/mol. The van der Waals surface area contributed by atoms with Crippen LogP contribution in [-0.2, 0) is 10.5 Å². The van der Waals surface area contributed by atoms with Crippen molar-refractivity contribution in [2.24, 2.45) is 0 Å². The van der Waals surface area contributed by atoms with Crippen molar-refractivity contribution < 1.29 is 14.3 Å². The van der Waals surface area contributed by atoms with E-state index in [1.807, 2.05) is 4.90 Å². The number of amides is 1. The minimum Gasteiger partial charge on any atom is -0.395 e. The molecule has 1 aromatic carbocycles. The van der Waals surface area contributed by atoms with E-state index in [-0.39, 0.29) is 18.3 Å². The van der Waals surface area contributed by atoms with E-state index in [1.165, 1.54) is 36.7 Å². The van der Waals surface area contributed by atoms with E-state index in [1.54, 1.807) is 12.1 Å². The van der Waals surface area contributed by atoms with E-state index in [4.69, 9.17) is 5.11 Å². The lowest BCUT2D eigenvalue weighted by molar-refractivity contribution is -0.131. The number of hydrogen-bond acceptors (Lipinski definition) is 3. The summed E-state index contributed by atoms with van der Waals surface area (Å²) < 4.78 is 12.8. The lowest BCUT2D eigenvalue weighted by Crippen LogP contribution is -2.41. The molecular formula is C16H22FNO2S. The van der Waals surface area contributed by atoms with E-state index in [0.717, 1.165) is 18.4 Å². The minimum absolute atomic E-state index is 0.0187. The molecular weight excluding hydrogens is 289 g/mol. The number of thioether (sulfide) groups is 1. The van der Waals surface area contributed by atoms with Gasteiger partial charge in [-0.1, -0.05) is 25.0 Å². The number of carbonyl (C=O) groups is 1. The second kappa shape index (κ2) is 8.39. The molecule has 1 aliphatic rings. The van der Waals surface area contributed by atoms with Crippen molar-refractivity contribution in [1.29, 1.82) is 0 Å². The number of nitrogens with zero attached hydrogens (tertiary/aromatic N) is 1. The standard InChI is InChI=1S/C16H22FNO2S/c17-14-7-5-13(6-8-14)11-21-12-16(20)18(9-10-19)15-3-1-2-4-15/h5-8,15,19H,1-4,9-12H2. The second-order valence-electron chi connectivity index (χ2n) is 5.37. The zero-order valence-corrected chi connectivity index (χ0v) is 12.9. The van der Waals surface area contributed by atoms with Crippen LogP contribution in [0.5, 0.6) is 0 Å². The molecule has 5 heteroatoms. The summed E-state index contributed by atoms with van der Waals surface area (Å²) in [7, 11) is 0. The molecule has 0 unspecified atom stereocenters. The molecule has 0 heterocycles. The summed E-state index contributed by atoms with van der Waals surface area (Å²) in [5.74, 6) is 0.968. The summed E-state index contributed by atoms with van der Waals surface area (Å²) in [5.41, 5.74) is 1.02. The number of hydrogen-bond donors (Lipinski definition) is 1. The van der Waals surface area contributed by atoms with Crippen molar-refractivity contribution in [3.05, 3.63) is 35.6 Å². The molecule has 2 rings (SSSR count). The van der Waals surface area contributed by atoms with Crippen molar-refractivity contribution in [3.63, 3.8) is 0 Å². The molecule has 1 aliphatic carbocycles. The fourth-order valence-corrected chi connectivity index (χ4v) is 3.62. The number of aliphatic hydroxyl groups is 1. The van der Waals surface area contributed by atoms with Gasteiger partial charge < -0.3 is 10.0 Å². The van der Waals surface area contributed by atoms with Crippen molar-refractivity contribution in [2.45, 2.75) is 37.5 Å². The summed E-state index contributed by atoms with van der Waals surface area (Å²) in [5, 5.41) is 9.14. The summed E-state index contributed by atoms with van der Waals surface area (Å²) in [6, 6.07) is 6.67. The predicted octanol–water partition coefficient (Wildman–Crippen LogP) is 2.82. The summed E-state index contributed by atoms with van der Waals surface area (Å²) in [6.07, 6.45) is 4.44. The molecule has 21 heavy (non-hydrogen) atoms. The van der Waals surface area contributed by atoms with Gasteiger partial charge in [-0.3, -0.25) is 4.79 Å². The Labute approximate surface area is 129 Å². The molecule has 0 aromatic heterocycles. The first-order chi connectivity index (χ1) is 10.2. The molecule has 0 atom stereocenters. The van der Waals surface area contributed by atoms with Gasteiger partial charge in [0, 0.05) is 18.3 Å². The Morgan fingerprint density at radius 1 is 1.29 bits per heavy atom. The third kappa shape index (κ3) is 5.00. The highest BCUT2D eigenvalue weighted by Gasteiger charge is 2.25. The van der Waals surface area contributed by atoms with Crippen LogP contribution < -0.4 is 0 Å². The van der Waals surface area contributed by atoms with Gasteiger partial charge in [-0.15, -0.1) is 11.8 Å². The predicted molar refractivity (Wildman–Crippen MR) is 83.6 cm³/mol. The number of aliphatic hydroxyl groups excluding tert-OH is 1. The first-order valence-electron chi connectivity index (χ1n) is 7.43. The van der Waals surface area contributed by atoms with E-state index in [0.29, 0.717) is 24.1 Å². The van der Waals surface area contributed by atoms with E-state index < -0.39 is 0 Å². The molecule has 1 saturated carbocycles. The first-order valence-corrected chi connectivity index (χ1v) is 8.58. The van der Waals surface area contributed by atoms with Crippen molar-refractivity contribution in [2.75, 3.05) is 18.9 Å². The summed E-state index contributed by atoms with van der Waals surface area (Å²) >= 11 is 1.54. The zero-order chi connectivity index (χ0) is 15.1. The normalized spacial score (nSPS) is 15.3. The zero-order valence-electron chi connectivity index (χ0n) is 12.1. The quantitative estimate of drug-likeness (QED) is 0.842. The monoisotopic (exact) mass is 311 g/mol. The topological polar surface area (TPSA) is 40.5 Å². The number of carbonyl (C=O) groups excluding carboxylic acids is 1. The highest BCUT2D eigenvalue weighted by atomic mass is 32.2. The summed E-state index contributed by atoms with van der Waals surface area (Å²) in [6.45, 7) is 0.450. The van der Waals surface area contributed by atoms with Gasteiger partial charge in [-0.25, -0.2) is 4.39 Å². The van der Waals surface area contributed by atoms with Gasteiger partial charge in [0.15, 0.2) is 0 Å². The van der Waals surface area contributed by atoms with Crippen LogP contribution in [0.3, 0.4) is 0 Å². The largest absolute Gasteiger partial charge is 0.395 e. The summed E-state index contributed by atoms with van der Waals surface area (Å²) in [4.78, 5) is 14.1. The van der Waals surface area contributed by atoms with Gasteiger partial charge in [-0.2, -0.15) is 0 Å². The number of halogens is 1. The Morgan fingerprint density at radius 2 is 1.95 bits per heavy atom. The molecule has 0 saturated heterocycles. The lowest BCUT2D eigenvalue weighted by atomic mass is 10.2. The highest BCUT2D eigenvalue weighted by Crippen LogP contribution is 2.24. The second-order valence-corrected chi connectivity index (χ2v) is 6.35. The third-order valence-corrected chi connectivity index (χ3v) is 4.82. The van der Waals surface area contributed by atoms with Crippen LogP contribution in [0.4, 0.5) is 4.39 Å². The van der Waals surface area contributed by atoms with E-state index in [9.17, 15) is 9.18 Å². The molecule has 116 valence electrons. The molecule has 0 aliphatic heterocycles. The third-order valence-electron chi connectivity index (χ3n) is 3.83. The fourth-order valence-electron chi connectivity index (χ4n) is 2.75. The van der Waals surface area contributed by atoms with Gasteiger partial charge in [0.25, 0.3) is 0 Å². The van der Waals surface area contributed by atoms with Crippen LogP contribution in [0.2, 0.25) is 0 Å². The highest BCUT2D eigenvalue weighted by molar-refractivity contribution is 7.99. The molecule has 0 radical (unpaired) electrons. The van der Waals surface area contributed by atoms with Crippen molar-refractivity contribution in [1.82, 2.24) is 4.90 Å². The van der Waals surface area contributed by atoms with Gasteiger partial charge >= 0.3 is 0 Å². The smallest absolute Gasteiger partial charge is 0.232 e. The van der Waals surface area contributed by atoms with Gasteiger partial charge in [-0.05, 0) is 30.5 Å². The maximum absolute atomic E-state index is 12.8. The van der Waals surface area contributed by atoms with Gasteiger partial charge in [0.2, 0.25) is 5.91 Å². The molecule has 0 bridgehead atoms. The Morgan fingerprint density at radius 3 is 2.57 bits per heavy atom. The van der Waals surface area contributed by atoms with Crippen LogP contribution in [0.25, 0.3) is 0 Å². The maximum Gasteiger partial charge on any atom is 0.232 e. The van der Waals surface area contributed by atoms with Crippen LogP contribution in [0, 0.1) is 5.82 Å².